The molecule has 0 saturated carbocycles. The summed E-state index contributed by atoms with van der Waals surface area (Å²) in [7, 11) is 1.58. The van der Waals surface area contributed by atoms with Crippen LogP contribution in [0.25, 0.3) is 0 Å². The fraction of sp³-hybridized carbons (Fsp3) is 0.333. The van der Waals surface area contributed by atoms with Gasteiger partial charge in [-0.2, -0.15) is 0 Å². The zero-order valence-corrected chi connectivity index (χ0v) is 16.4. The number of carbonyl (C=O) groups excluding carboxylic acids is 2. The molecule has 1 fully saturated rings. The molecule has 2 aromatic rings. The summed E-state index contributed by atoms with van der Waals surface area (Å²) >= 11 is 1.59. The number of hydrogen-bond acceptors (Lipinski definition) is 4. The quantitative estimate of drug-likeness (QED) is 0.781. The smallest absolute Gasteiger partial charge is 0.237 e. The van der Waals surface area contributed by atoms with Crippen LogP contribution in [-0.4, -0.2) is 30.7 Å². The topological polar surface area (TPSA) is 58.6 Å². The van der Waals surface area contributed by atoms with Crippen molar-refractivity contribution in [1.82, 2.24) is 0 Å². The van der Waals surface area contributed by atoms with Gasteiger partial charge in [0, 0.05) is 24.4 Å². The molecule has 5 nitrogen and oxygen atoms in total. The molecule has 1 heterocycles. The standard InChI is InChI=1S/C21H24N2O3S/c1-15(27-14-16-7-4-3-5-8-16)21(25)22-17-10-11-19(26-2)18(13-17)23-12-6-9-20(23)24/h3-5,7-8,10-11,13,15H,6,9,12,14H2,1-2H3,(H,22,25)/t15-/m1/s1. The van der Waals surface area contributed by atoms with E-state index in [1.165, 1.54) is 5.56 Å². The van der Waals surface area contributed by atoms with Crippen LogP contribution in [0.1, 0.15) is 25.3 Å². The molecule has 1 saturated heterocycles. The lowest BCUT2D eigenvalue weighted by atomic mass is 10.2. The number of benzene rings is 2. The van der Waals surface area contributed by atoms with Crippen molar-refractivity contribution in [2.45, 2.75) is 30.8 Å². The Morgan fingerprint density at radius 2 is 2.04 bits per heavy atom. The zero-order valence-electron chi connectivity index (χ0n) is 15.6. The van der Waals surface area contributed by atoms with Crippen molar-refractivity contribution in [3.8, 4) is 5.75 Å². The number of carbonyl (C=O) groups is 2. The minimum atomic E-state index is -0.191. The lowest BCUT2D eigenvalue weighted by molar-refractivity contribution is -0.117. The van der Waals surface area contributed by atoms with Gasteiger partial charge in [0.05, 0.1) is 18.0 Å². The molecule has 0 aromatic heterocycles. The van der Waals surface area contributed by atoms with Gasteiger partial charge in [0.2, 0.25) is 11.8 Å². The molecule has 0 unspecified atom stereocenters. The Bertz CT molecular complexity index is 810. The maximum absolute atomic E-state index is 12.5. The highest BCUT2D eigenvalue weighted by Gasteiger charge is 2.25. The molecule has 1 aliphatic rings. The average molecular weight is 385 g/mol. The Hall–Kier alpha value is -2.47. The van der Waals surface area contributed by atoms with Crippen LogP contribution in [0.5, 0.6) is 5.75 Å². The molecule has 1 atom stereocenters. The molecule has 0 bridgehead atoms. The first-order chi connectivity index (χ1) is 13.1. The molecule has 0 spiro atoms. The number of hydrogen-bond donors (Lipinski definition) is 1. The van der Waals surface area contributed by atoms with Crippen LogP contribution >= 0.6 is 11.8 Å². The van der Waals surface area contributed by atoms with Crippen LogP contribution in [0.15, 0.2) is 48.5 Å². The van der Waals surface area contributed by atoms with Gasteiger partial charge < -0.3 is 15.0 Å². The number of nitrogens with one attached hydrogen (secondary N) is 1. The minimum absolute atomic E-state index is 0.0557. The van der Waals surface area contributed by atoms with Crippen molar-refractivity contribution < 1.29 is 14.3 Å². The summed E-state index contributed by atoms with van der Waals surface area (Å²) in [5.41, 5.74) is 2.58. The maximum Gasteiger partial charge on any atom is 0.237 e. The van der Waals surface area contributed by atoms with Gasteiger partial charge >= 0.3 is 0 Å². The third-order valence-corrected chi connectivity index (χ3v) is 5.74. The Labute approximate surface area is 164 Å². The van der Waals surface area contributed by atoms with Gasteiger partial charge in [0.1, 0.15) is 5.75 Å². The van der Waals surface area contributed by atoms with Crippen molar-refractivity contribution in [2.75, 3.05) is 23.9 Å². The van der Waals surface area contributed by atoms with Crippen molar-refractivity contribution >= 4 is 35.0 Å². The van der Waals surface area contributed by atoms with Crippen molar-refractivity contribution in [3.05, 3.63) is 54.1 Å². The third-order valence-electron chi connectivity index (χ3n) is 4.52. The Morgan fingerprint density at radius 3 is 2.70 bits per heavy atom. The fourth-order valence-corrected chi connectivity index (χ4v) is 3.84. The van der Waals surface area contributed by atoms with Gasteiger partial charge in [0.25, 0.3) is 0 Å². The number of thioether (sulfide) groups is 1. The lowest BCUT2D eigenvalue weighted by Gasteiger charge is -2.20. The molecule has 6 heteroatoms. The molecule has 2 amide bonds. The minimum Gasteiger partial charge on any atom is -0.495 e. The van der Waals surface area contributed by atoms with E-state index < -0.39 is 0 Å². The zero-order chi connectivity index (χ0) is 19.2. The van der Waals surface area contributed by atoms with Crippen LogP contribution in [0.4, 0.5) is 11.4 Å². The summed E-state index contributed by atoms with van der Waals surface area (Å²) in [5.74, 6) is 1.45. The van der Waals surface area contributed by atoms with Gasteiger partial charge in [-0.05, 0) is 37.1 Å². The molecule has 1 aliphatic heterocycles. The van der Waals surface area contributed by atoms with Crippen molar-refractivity contribution in [1.29, 1.82) is 0 Å². The molecule has 1 N–H and O–H groups in total. The number of anilines is 2. The van der Waals surface area contributed by atoms with Gasteiger partial charge in [0.15, 0.2) is 0 Å². The number of nitrogens with zero attached hydrogens (tertiary/aromatic N) is 1. The lowest BCUT2D eigenvalue weighted by Crippen LogP contribution is -2.25. The molecular weight excluding hydrogens is 360 g/mol. The van der Waals surface area contributed by atoms with Crippen LogP contribution in [-0.2, 0) is 15.3 Å². The van der Waals surface area contributed by atoms with E-state index in [-0.39, 0.29) is 17.1 Å². The van der Waals surface area contributed by atoms with Gasteiger partial charge in [-0.3, -0.25) is 9.59 Å². The summed E-state index contributed by atoms with van der Waals surface area (Å²) in [6.45, 7) is 2.58. The number of amides is 2. The summed E-state index contributed by atoms with van der Waals surface area (Å²) in [5, 5.41) is 2.76. The summed E-state index contributed by atoms with van der Waals surface area (Å²) in [6.07, 6.45) is 1.39. The first-order valence-corrected chi connectivity index (χ1v) is 10.1. The van der Waals surface area contributed by atoms with Crippen LogP contribution < -0.4 is 15.0 Å². The molecule has 27 heavy (non-hydrogen) atoms. The number of ether oxygens (including phenoxy) is 1. The van der Waals surface area contributed by atoms with Crippen LogP contribution in [0, 0.1) is 0 Å². The van der Waals surface area contributed by atoms with Gasteiger partial charge in [-0.25, -0.2) is 0 Å². The molecular formula is C21H24N2O3S. The second kappa shape index (κ2) is 8.95. The highest BCUT2D eigenvalue weighted by Crippen LogP contribution is 2.34. The monoisotopic (exact) mass is 384 g/mol. The van der Waals surface area contributed by atoms with E-state index in [1.807, 2.05) is 31.2 Å². The van der Waals surface area contributed by atoms with Gasteiger partial charge in [-0.15, -0.1) is 11.8 Å². The molecule has 0 radical (unpaired) electrons. The predicted molar refractivity (Wildman–Crippen MR) is 110 cm³/mol. The van der Waals surface area contributed by atoms with E-state index in [9.17, 15) is 9.59 Å². The largest absolute Gasteiger partial charge is 0.495 e. The average Bonchev–Trinajstić information content (AvgIpc) is 3.12. The summed E-state index contributed by atoms with van der Waals surface area (Å²) < 4.78 is 5.39. The molecule has 3 rings (SSSR count). The summed E-state index contributed by atoms with van der Waals surface area (Å²) in [6, 6.07) is 15.5. The second-order valence-electron chi connectivity index (χ2n) is 6.46. The Kier molecular flexibility index (Phi) is 6.40. The van der Waals surface area contributed by atoms with E-state index in [4.69, 9.17) is 4.74 Å². The second-order valence-corrected chi connectivity index (χ2v) is 7.79. The molecule has 142 valence electrons. The van der Waals surface area contributed by atoms with E-state index >= 15 is 0 Å². The first-order valence-electron chi connectivity index (χ1n) is 9.03. The van der Waals surface area contributed by atoms with Crippen LogP contribution in [0.2, 0.25) is 0 Å². The highest BCUT2D eigenvalue weighted by atomic mass is 32.2. The summed E-state index contributed by atoms with van der Waals surface area (Å²) in [4.78, 5) is 26.3. The Balaban J connectivity index is 1.65. The Morgan fingerprint density at radius 1 is 1.26 bits per heavy atom. The third kappa shape index (κ3) is 4.83. The van der Waals surface area contributed by atoms with E-state index in [1.54, 1.807) is 35.9 Å². The fourth-order valence-electron chi connectivity index (χ4n) is 3.00. The highest BCUT2D eigenvalue weighted by molar-refractivity contribution is 7.99. The SMILES string of the molecule is COc1ccc(NC(=O)[C@@H](C)SCc2ccccc2)cc1N1CCCC1=O. The van der Waals surface area contributed by atoms with E-state index in [0.717, 1.165) is 12.2 Å². The maximum atomic E-state index is 12.5. The molecule has 2 aromatic carbocycles. The molecule has 0 aliphatic carbocycles. The number of methoxy groups -OCH3 is 1. The van der Waals surface area contributed by atoms with Gasteiger partial charge in [-0.1, -0.05) is 30.3 Å². The van der Waals surface area contributed by atoms with E-state index in [2.05, 4.69) is 17.4 Å². The van der Waals surface area contributed by atoms with Crippen molar-refractivity contribution in [2.24, 2.45) is 0 Å². The van der Waals surface area contributed by atoms with E-state index in [0.29, 0.717) is 30.1 Å². The number of rotatable bonds is 7. The van der Waals surface area contributed by atoms with Crippen LogP contribution in [0.3, 0.4) is 0 Å². The normalized spacial score (nSPS) is 14.9. The first kappa shape index (κ1) is 19.3. The van der Waals surface area contributed by atoms with Crippen molar-refractivity contribution in [3.63, 3.8) is 0 Å². The predicted octanol–water partition coefficient (Wildman–Crippen LogP) is 4.08.